The Bertz CT molecular complexity index is 1520. The molecule has 0 N–H and O–H groups in total. The Labute approximate surface area is 197 Å². The van der Waals surface area contributed by atoms with E-state index in [0.717, 1.165) is 9.87 Å². The molecule has 4 rings (SSSR count). The Morgan fingerprint density at radius 1 is 0.912 bits per heavy atom. The monoisotopic (exact) mass is 477 g/mol. The standard InChI is InChI=1S/C26H23NO6S/c1-16-10-13-23(17(2)14-16)34(30,31)27(25(28)19-8-6-5-7-9-19)20-11-12-22-21(15-20)24(18(3)33-22)26(29)32-4/h5-15H,1-4H3. The van der Waals surface area contributed by atoms with Crippen LogP contribution in [-0.2, 0) is 14.8 Å². The van der Waals surface area contributed by atoms with Crippen molar-refractivity contribution in [3.63, 3.8) is 0 Å². The summed E-state index contributed by atoms with van der Waals surface area (Å²) in [5, 5.41) is 0.350. The molecule has 1 heterocycles. The summed E-state index contributed by atoms with van der Waals surface area (Å²) >= 11 is 0. The highest BCUT2D eigenvalue weighted by Crippen LogP contribution is 2.34. The van der Waals surface area contributed by atoms with E-state index in [-0.39, 0.29) is 21.7 Å². The van der Waals surface area contributed by atoms with Crippen molar-refractivity contribution < 1.29 is 27.2 Å². The number of esters is 1. The Kier molecular flexibility index (Phi) is 6.01. The van der Waals surface area contributed by atoms with E-state index in [2.05, 4.69) is 0 Å². The van der Waals surface area contributed by atoms with Gasteiger partial charge in [-0.3, -0.25) is 4.79 Å². The van der Waals surface area contributed by atoms with E-state index in [4.69, 9.17) is 9.15 Å². The minimum absolute atomic E-state index is 0.0130. The molecule has 7 nitrogen and oxygen atoms in total. The van der Waals surface area contributed by atoms with E-state index in [1.165, 1.54) is 31.4 Å². The quantitative estimate of drug-likeness (QED) is 0.368. The molecule has 0 atom stereocenters. The van der Waals surface area contributed by atoms with Crippen molar-refractivity contribution in [3.8, 4) is 0 Å². The second kappa shape index (κ2) is 8.79. The molecule has 8 heteroatoms. The zero-order valence-electron chi connectivity index (χ0n) is 19.2. The highest BCUT2D eigenvalue weighted by atomic mass is 32.2. The Morgan fingerprint density at radius 3 is 2.26 bits per heavy atom. The van der Waals surface area contributed by atoms with Crippen molar-refractivity contribution in [2.45, 2.75) is 25.7 Å². The molecule has 4 aromatic rings. The molecule has 1 aromatic heterocycles. The number of carbonyl (C=O) groups is 2. The zero-order valence-corrected chi connectivity index (χ0v) is 20.0. The molecular formula is C26H23NO6S. The second-order valence-electron chi connectivity index (χ2n) is 7.91. The summed E-state index contributed by atoms with van der Waals surface area (Å²) in [6.45, 7) is 5.16. The van der Waals surface area contributed by atoms with Gasteiger partial charge in [0.05, 0.1) is 17.7 Å². The van der Waals surface area contributed by atoms with Crippen molar-refractivity contribution in [1.82, 2.24) is 0 Å². The van der Waals surface area contributed by atoms with E-state index >= 15 is 0 Å². The summed E-state index contributed by atoms with van der Waals surface area (Å²) in [6, 6.07) is 17.6. The summed E-state index contributed by atoms with van der Waals surface area (Å²) in [4.78, 5) is 26.0. The first-order valence-electron chi connectivity index (χ1n) is 10.5. The third kappa shape index (κ3) is 3.97. The number of furan rings is 1. The fourth-order valence-electron chi connectivity index (χ4n) is 3.94. The molecule has 34 heavy (non-hydrogen) atoms. The van der Waals surface area contributed by atoms with Gasteiger partial charge in [-0.25, -0.2) is 13.2 Å². The molecule has 0 aliphatic heterocycles. The fraction of sp³-hybridized carbons (Fsp3) is 0.154. The van der Waals surface area contributed by atoms with Crippen LogP contribution in [0.4, 0.5) is 5.69 Å². The van der Waals surface area contributed by atoms with Gasteiger partial charge in [0.1, 0.15) is 16.9 Å². The largest absolute Gasteiger partial charge is 0.465 e. The highest BCUT2D eigenvalue weighted by Gasteiger charge is 2.34. The lowest BCUT2D eigenvalue weighted by Gasteiger charge is -2.24. The third-order valence-corrected chi connectivity index (χ3v) is 7.40. The van der Waals surface area contributed by atoms with Gasteiger partial charge in [0.25, 0.3) is 15.9 Å². The fourth-order valence-corrected chi connectivity index (χ4v) is 5.56. The molecule has 174 valence electrons. The molecular weight excluding hydrogens is 454 g/mol. The highest BCUT2D eigenvalue weighted by molar-refractivity contribution is 7.93. The number of carbonyl (C=O) groups excluding carboxylic acids is 2. The third-order valence-electron chi connectivity index (χ3n) is 5.53. The van der Waals surface area contributed by atoms with Crippen LogP contribution in [0.2, 0.25) is 0 Å². The number of fused-ring (bicyclic) bond motifs is 1. The van der Waals surface area contributed by atoms with Crippen molar-refractivity contribution in [2.24, 2.45) is 0 Å². The smallest absolute Gasteiger partial charge is 0.342 e. The van der Waals surface area contributed by atoms with Crippen LogP contribution in [-0.4, -0.2) is 27.4 Å². The van der Waals surface area contributed by atoms with Gasteiger partial charge in [-0.15, -0.1) is 0 Å². The molecule has 0 radical (unpaired) electrons. The molecule has 1 amide bonds. The van der Waals surface area contributed by atoms with Crippen molar-refractivity contribution in [3.05, 3.63) is 94.7 Å². The lowest BCUT2D eigenvalue weighted by atomic mass is 10.1. The first kappa shape index (κ1) is 23.3. The maximum Gasteiger partial charge on any atom is 0.342 e. The first-order valence-corrected chi connectivity index (χ1v) is 11.9. The Balaban J connectivity index is 1.98. The van der Waals surface area contributed by atoms with Gasteiger partial charge < -0.3 is 9.15 Å². The number of sulfonamides is 1. The number of hydrogen-bond acceptors (Lipinski definition) is 6. The van der Waals surface area contributed by atoms with Crippen LogP contribution in [0.15, 0.2) is 76.0 Å². The average Bonchev–Trinajstić information content (AvgIpc) is 3.13. The van der Waals surface area contributed by atoms with E-state index in [1.54, 1.807) is 56.3 Å². The minimum Gasteiger partial charge on any atom is -0.465 e. The molecule has 0 fully saturated rings. The predicted molar refractivity (Wildman–Crippen MR) is 129 cm³/mol. The number of ether oxygens (including phenoxy) is 1. The summed E-state index contributed by atoms with van der Waals surface area (Å²) < 4.78 is 39.1. The minimum atomic E-state index is -4.31. The number of anilines is 1. The zero-order chi connectivity index (χ0) is 24.6. The molecule has 0 aliphatic carbocycles. The SMILES string of the molecule is COC(=O)c1c(C)oc2ccc(N(C(=O)c3ccccc3)S(=O)(=O)c3ccc(C)cc3C)cc12. The number of hydrogen-bond donors (Lipinski definition) is 0. The van der Waals surface area contributed by atoms with Crippen LogP contribution < -0.4 is 4.31 Å². The second-order valence-corrected chi connectivity index (χ2v) is 9.67. The van der Waals surface area contributed by atoms with E-state index in [0.29, 0.717) is 22.3 Å². The number of aryl methyl sites for hydroxylation is 3. The Morgan fingerprint density at radius 2 is 1.62 bits per heavy atom. The lowest BCUT2D eigenvalue weighted by molar-refractivity contribution is 0.0600. The van der Waals surface area contributed by atoms with Gasteiger partial charge in [0.15, 0.2) is 0 Å². The molecule has 0 spiro atoms. The molecule has 0 saturated carbocycles. The predicted octanol–water partition coefficient (Wildman–Crippen LogP) is 5.18. The summed E-state index contributed by atoms with van der Waals surface area (Å²) in [5.41, 5.74) is 2.24. The molecule has 0 bridgehead atoms. The normalized spacial score (nSPS) is 11.4. The van der Waals surface area contributed by atoms with E-state index < -0.39 is 21.9 Å². The van der Waals surface area contributed by atoms with Crippen molar-refractivity contribution >= 4 is 38.6 Å². The van der Waals surface area contributed by atoms with Crippen LogP contribution in [0.5, 0.6) is 0 Å². The van der Waals surface area contributed by atoms with Gasteiger partial charge in [-0.2, -0.15) is 4.31 Å². The van der Waals surface area contributed by atoms with Crippen molar-refractivity contribution in [1.29, 1.82) is 0 Å². The van der Waals surface area contributed by atoms with Gasteiger partial charge in [-0.1, -0.05) is 35.9 Å². The van der Waals surface area contributed by atoms with Crippen LogP contribution in [0.25, 0.3) is 11.0 Å². The average molecular weight is 478 g/mol. The number of methoxy groups -OCH3 is 1. The van der Waals surface area contributed by atoms with E-state index in [1.807, 2.05) is 6.92 Å². The molecule has 0 saturated heterocycles. The van der Waals surface area contributed by atoms with Crippen LogP contribution >= 0.6 is 0 Å². The summed E-state index contributed by atoms with van der Waals surface area (Å²) in [7, 11) is -3.06. The van der Waals surface area contributed by atoms with Gasteiger partial charge in [-0.05, 0) is 62.7 Å². The molecule has 0 aliphatic rings. The molecule has 3 aromatic carbocycles. The summed E-state index contributed by atoms with van der Waals surface area (Å²) in [6.07, 6.45) is 0. The van der Waals surface area contributed by atoms with E-state index in [9.17, 15) is 18.0 Å². The van der Waals surface area contributed by atoms with Crippen LogP contribution in [0.1, 0.15) is 37.6 Å². The number of benzene rings is 3. The maximum absolute atomic E-state index is 13.9. The first-order chi connectivity index (χ1) is 16.1. The van der Waals surface area contributed by atoms with Gasteiger partial charge in [0, 0.05) is 10.9 Å². The van der Waals surface area contributed by atoms with Crippen LogP contribution in [0, 0.1) is 20.8 Å². The lowest BCUT2D eigenvalue weighted by Crippen LogP contribution is -2.37. The van der Waals surface area contributed by atoms with Crippen LogP contribution in [0.3, 0.4) is 0 Å². The number of rotatable bonds is 5. The van der Waals surface area contributed by atoms with Crippen molar-refractivity contribution in [2.75, 3.05) is 11.4 Å². The van der Waals surface area contributed by atoms with Gasteiger partial charge >= 0.3 is 5.97 Å². The topological polar surface area (TPSA) is 93.9 Å². The summed E-state index contributed by atoms with van der Waals surface area (Å²) in [5.74, 6) is -1.01. The maximum atomic E-state index is 13.9. The number of amides is 1. The van der Waals surface area contributed by atoms with Gasteiger partial charge in [0.2, 0.25) is 0 Å². The Hall–Kier alpha value is -3.91. The number of nitrogens with zero attached hydrogens (tertiary/aromatic N) is 1. The molecule has 0 unspecified atom stereocenters.